The number of nitrogens with one attached hydrogen (secondary N) is 1. The molecule has 2 aromatic rings. The molecule has 28 heavy (non-hydrogen) atoms. The van der Waals surface area contributed by atoms with Crippen molar-refractivity contribution in [1.82, 2.24) is 9.88 Å². The summed E-state index contributed by atoms with van der Waals surface area (Å²) in [5.41, 5.74) is 1.02. The third-order valence-corrected chi connectivity index (χ3v) is 5.25. The van der Waals surface area contributed by atoms with E-state index < -0.39 is 11.2 Å². The predicted octanol–water partition coefficient (Wildman–Crippen LogP) is 4.71. The molecule has 2 saturated heterocycles. The lowest BCUT2D eigenvalue weighted by Crippen LogP contribution is -2.46. The van der Waals surface area contributed by atoms with Crippen molar-refractivity contribution in [2.45, 2.75) is 44.4 Å². The number of rotatable bonds is 3. The molecule has 0 unspecified atom stereocenters. The Morgan fingerprint density at radius 2 is 2.04 bits per heavy atom. The van der Waals surface area contributed by atoms with Crippen LogP contribution in [0, 0.1) is 0 Å². The van der Waals surface area contributed by atoms with Crippen molar-refractivity contribution < 1.29 is 14.3 Å². The van der Waals surface area contributed by atoms with Gasteiger partial charge in [-0.3, -0.25) is 4.90 Å². The van der Waals surface area contributed by atoms with Crippen LogP contribution in [0.15, 0.2) is 42.6 Å². The summed E-state index contributed by atoms with van der Waals surface area (Å²) in [6.07, 6.45) is 2.13. The molecule has 0 aliphatic carbocycles. The highest BCUT2D eigenvalue weighted by molar-refractivity contribution is 6.30. The number of anilines is 2. The minimum absolute atomic E-state index is 0.0610. The summed E-state index contributed by atoms with van der Waals surface area (Å²) in [5.74, 6) is 0.726. The number of aromatic nitrogens is 1. The summed E-state index contributed by atoms with van der Waals surface area (Å²) in [6, 6.07) is 11.8. The molecule has 2 aliphatic rings. The van der Waals surface area contributed by atoms with Crippen LogP contribution in [0.1, 0.15) is 32.8 Å². The van der Waals surface area contributed by atoms with Gasteiger partial charge in [-0.2, -0.15) is 0 Å². The van der Waals surface area contributed by atoms with Gasteiger partial charge in [-0.15, -0.1) is 0 Å². The Balaban J connectivity index is 1.47. The Morgan fingerprint density at radius 1 is 1.29 bits per heavy atom. The fourth-order valence-corrected chi connectivity index (χ4v) is 3.86. The second-order valence-electron chi connectivity index (χ2n) is 8.34. The fraction of sp³-hybridized carbons (Fsp3) is 0.429. The fourth-order valence-electron chi connectivity index (χ4n) is 3.75. The Hall–Kier alpha value is -2.31. The summed E-state index contributed by atoms with van der Waals surface area (Å²) < 4.78 is 11.7. The number of amides is 1. The van der Waals surface area contributed by atoms with Crippen molar-refractivity contribution in [3.05, 3.63) is 53.2 Å². The van der Waals surface area contributed by atoms with Gasteiger partial charge in [0.15, 0.2) is 0 Å². The van der Waals surface area contributed by atoms with Crippen LogP contribution in [0.5, 0.6) is 0 Å². The average molecular weight is 402 g/mol. The van der Waals surface area contributed by atoms with E-state index in [1.54, 1.807) is 17.2 Å². The zero-order valence-electron chi connectivity index (χ0n) is 16.2. The topological polar surface area (TPSA) is 63.7 Å². The maximum atomic E-state index is 12.5. The number of nitrogens with zero attached hydrogens (tertiary/aromatic N) is 2. The summed E-state index contributed by atoms with van der Waals surface area (Å²) in [4.78, 5) is 18.6. The predicted molar refractivity (Wildman–Crippen MR) is 108 cm³/mol. The summed E-state index contributed by atoms with van der Waals surface area (Å²) in [5, 5.41) is 3.85. The van der Waals surface area contributed by atoms with Crippen LogP contribution in [0.2, 0.25) is 5.02 Å². The van der Waals surface area contributed by atoms with Crippen molar-refractivity contribution in [3.63, 3.8) is 0 Å². The van der Waals surface area contributed by atoms with Gasteiger partial charge in [-0.05, 0) is 50.6 Å². The third-order valence-electron chi connectivity index (χ3n) is 5.02. The van der Waals surface area contributed by atoms with Crippen LogP contribution in [0.4, 0.5) is 16.3 Å². The van der Waals surface area contributed by atoms with Gasteiger partial charge in [-0.1, -0.05) is 23.7 Å². The SMILES string of the molecule is CC(C)(C)OC(=O)N1C[C@]2(c3ccc(Nc4ccc(Cl)cn4)cc3)C[C@H]1CO2. The first-order chi connectivity index (χ1) is 13.2. The Morgan fingerprint density at radius 3 is 2.68 bits per heavy atom. The van der Waals surface area contributed by atoms with E-state index in [0.29, 0.717) is 18.2 Å². The third kappa shape index (κ3) is 3.80. The zero-order chi connectivity index (χ0) is 19.9. The normalized spacial score (nSPS) is 23.7. The molecule has 0 saturated carbocycles. The quantitative estimate of drug-likeness (QED) is 0.806. The standard InChI is InChI=1S/C21H24ClN3O3/c1-20(2,3)28-19(26)25-13-21(10-17(25)12-27-21)14-4-7-16(8-5-14)24-18-9-6-15(22)11-23-18/h4-9,11,17H,10,12-13H2,1-3H3,(H,23,24)/t17-,21-/m0/s1. The van der Waals surface area contributed by atoms with Crippen LogP contribution in [-0.4, -0.2) is 40.8 Å². The number of hydrogen-bond donors (Lipinski definition) is 1. The van der Waals surface area contributed by atoms with Gasteiger partial charge in [-0.25, -0.2) is 9.78 Å². The first kappa shape index (κ1) is 19.0. The van der Waals surface area contributed by atoms with E-state index in [4.69, 9.17) is 21.1 Å². The molecule has 3 heterocycles. The molecule has 7 heteroatoms. The van der Waals surface area contributed by atoms with Crippen LogP contribution in [0.25, 0.3) is 0 Å². The van der Waals surface area contributed by atoms with E-state index in [2.05, 4.69) is 10.3 Å². The number of hydrogen-bond acceptors (Lipinski definition) is 5. The number of ether oxygens (including phenoxy) is 2. The monoisotopic (exact) mass is 401 g/mol. The number of carbonyl (C=O) groups is 1. The molecule has 2 aliphatic heterocycles. The van der Waals surface area contributed by atoms with Crippen LogP contribution in [0.3, 0.4) is 0 Å². The van der Waals surface area contributed by atoms with Gasteiger partial charge in [0.1, 0.15) is 17.0 Å². The summed E-state index contributed by atoms with van der Waals surface area (Å²) in [6.45, 7) is 6.69. The van der Waals surface area contributed by atoms with Crippen molar-refractivity contribution in [3.8, 4) is 0 Å². The van der Waals surface area contributed by atoms with Crippen molar-refractivity contribution >= 4 is 29.2 Å². The summed E-state index contributed by atoms with van der Waals surface area (Å²) >= 11 is 5.87. The molecule has 6 nitrogen and oxygen atoms in total. The number of pyridine rings is 1. The lowest BCUT2D eigenvalue weighted by atomic mass is 9.93. The number of likely N-dealkylation sites (tertiary alicyclic amines) is 1. The largest absolute Gasteiger partial charge is 0.444 e. The molecule has 0 spiro atoms. The summed E-state index contributed by atoms with van der Waals surface area (Å²) in [7, 11) is 0. The second-order valence-corrected chi connectivity index (χ2v) is 8.77. The van der Waals surface area contributed by atoms with Crippen molar-refractivity contribution in [2.24, 2.45) is 0 Å². The molecule has 2 fully saturated rings. The maximum Gasteiger partial charge on any atom is 0.410 e. The van der Waals surface area contributed by atoms with Crippen LogP contribution >= 0.6 is 11.6 Å². The van der Waals surface area contributed by atoms with E-state index in [9.17, 15) is 4.79 Å². The van der Waals surface area contributed by atoms with Gasteiger partial charge in [0.25, 0.3) is 0 Å². The Bertz CT molecular complexity index is 864. The Kier molecular flexibility index (Phi) is 4.71. The lowest BCUT2D eigenvalue weighted by Gasteiger charge is -2.34. The van der Waals surface area contributed by atoms with Gasteiger partial charge in [0.05, 0.1) is 24.2 Å². The van der Waals surface area contributed by atoms with E-state index in [-0.39, 0.29) is 12.1 Å². The minimum Gasteiger partial charge on any atom is -0.444 e. The van der Waals surface area contributed by atoms with Crippen molar-refractivity contribution in [2.75, 3.05) is 18.5 Å². The van der Waals surface area contributed by atoms with E-state index in [1.165, 1.54) is 0 Å². The second kappa shape index (κ2) is 6.94. The maximum absolute atomic E-state index is 12.5. The number of benzene rings is 1. The molecule has 2 atom stereocenters. The number of morpholine rings is 1. The van der Waals surface area contributed by atoms with E-state index >= 15 is 0 Å². The van der Waals surface area contributed by atoms with Crippen molar-refractivity contribution in [1.29, 1.82) is 0 Å². The highest BCUT2D eigenvalue weighted by atomic mass is 35.5. The molecule has 148 valence electrons. The van der Waals surface area contributed by atoms with E-state index in [0.717, 1.165) is 23.5 Å². The van der Waals surface area contributed by atoms with Crippen LogP contribution < -0.4 is 5.32 Å². The van der Waals surface area contributed by atoms with Gasteiger partial charge in [0.2, 0.25) is 0 Å². The lowest BCUT2D eigenvalue weighted by molar-refractivity contribution is -0.0558. The minimum atomic E-state index is -0.504. The van der Waals surface area contributed by atoms with Gasteiger partial charge < -0.3 is 14.8 Å². The van der Waals surface area contributed by atoms with Gasteiger partial charge >= 0.3 is 6.09 Å². The first-order valence-corrected chi connectivity index (χ1v) is 9.75. The first-order valence-electron chi connectivity index (χ1n) is 9.37. The number of fused-ring (bicyclic) bond motifs is 2. The average Bonchev–Trinajstić information content (AvgIpc) is 3.23. The highest BCUT2D eigenvalue weighted by Crippen LogP contribution is 2.45. The molecular weight excluding hydrogens is 378 g/mol. The van der Waals surface area contributed by atoms with Crippen LogP contribution in [-0.2, 0) is 15.1 Å². The molecule has 1 amide bonds. The smallest absolute Gasteiger partial charge is 0.410 e. The zero-order valence-corrected chi connectivity index (χ0v) is 17.0. The number of carbonyl (C=O) groups excluding carboxylic acids is 1. The molecular formula is C21H24ClN3O3. The Labute approximate surface area is 169 Å². The molecule has 4 rings (SSSR count). The van der Waals surface area contributed by atoms with E-state index in [1.807, 2.05) is 51.1 Å². The molecule has 1 aromatic heterocycles. The number of halogens is 1. The molecule has 0 radical (unpaired) electrons. The molecule has 1 aromatic carbocycles. The molecule has 1 N–H and O–H groups in total. The van der Waals surface area contributed by atoms with Gasteiger partial charge in [0, 0.05) is 18.3 Å². The molecule has 2 bridgehead atoms. The highest BCUT2D eigenvalue weighted by Gasteiger charge is 2.54.